The van der Waals surface area contributed by atoms with Crippen LogP contribution in [-0.4, -0.2) is 29.1 Å². The fourth-order valence-corrected chi connectivity index (χ4v) is 3.70. The molecule has 1 aromatic heterocycles. The predicted octanol–water partition coefficient (Wildman–Crippen LogP) is 4.01. The molecule has 5 heteroatoms. The smallest absolute Gasteiger partial charge is 0.286 e. The van der Waals surface area contributed by atoms with E-state index in [-0.39, 0.29) is 5.91 Å². The Kier molecular flexibility index (Phi) is 3.79. The van der Waals surface area contributed by atoms with E-state index >= 15 is 0 Å². The first-order valence-electron chi connectivity index (χ1n) is 7.72. The van der Waals surface area contributed by atoms with E-state index in [1.165, 1.54) is 24.6 Å². The summed E-state index contributed by atoms with van der Waals surface area (Å²) < 4.78 is 5.83. The largest absolute Gasteiger partial charge is 0.457 e. The second-order valence-corrected chi connectivity index (χ2v) is 6.58. The van der Waals surface area contributed by atoms with Gasteiger partial charge in [-0.05, 0) is 36.7 Å². The van der Waals surface area contributed by atoms with Gasteiger partial charge in [-0.15, -0.1) is 0 Å². The van der Waals surface area contributed by atoms with Crippen molar-refractivity contribution in [2.24, 2.45) is 4.99 Å². The lowest BCUT2D eigenvalue weighted by Crippen LogP contribution is -2.23. The number of thioether (sulfide) groups is 1. The molecular weight excluding hydrogens is 308 g/mol. The number of nitrogens with zero attached hydrogens (tertiary/aromatic N) is 2. The highest BCUT2D eigenvalue weighted by Gasteiger charge is 2.27. The quantitative estimate of drug-likeness (QED) is 0.783. The molecule has 2 aliphatic rings. The monoisotopic (exact) mass is 324 g/mol. The Balaban J connectivity index is 1.53. The van der Waals surface area contributed by atoms with Gasteiger partial charge in [0.05, 0.1) is 4.91 Å². The van der Waals surface area contributed by atoms with Crippen molar-refractivity contribution in [3.05, 3.63) is 53.1 Å². The lowest BCUT2D eigenvalue weighted by Gasteiger charge is -2.14. The number of hydrogen-bond acceptors (Lipinski definition) is 4. The number of hydrogen-bond donors (Lipinski definition) is 0. The Labute approximate surface area is 138 Å². The minimum atomic E-state index is -0.172. The Morgan fingerprint density at radius 3 is 2.65 bits per heavy atom. The fourth-order valence-electron chi connectivity index (χ4n) is 2.76. The molecule has 0 aliphatic carbocycles. The normalized spacial score (nSPS) is 19.7. The summed E-state index contributed by atoms with van der Waals surface area (Å²) in [4.78, 5) is 19.1. The zero-order valence-electron chi connectivity index (χ0n) is 12.6. The number of carbonyl (C=O) groups excluding carboxylic acids is 1. The van der Waals surface area contributed by atoms with Gasteiger partial charge in [0.15, 0.2) is 5.17 Å². The molecule has 0 unspecified atom stereocenters. The second-order valence-electron chi connectivity index (χ2n) is 5.57. The first kappa shape index (κ1) is 14.3. The SMILES string of the molecule is O=C1N=C(N2CCCC2)S/C1=C\c1ccc(-c2ccccc2)o1. The predicted molar refractivity (Wildman–Crippen MR) is 93.0 cm³/mol. The first-order valence-corrected chi connectivity index (χ1v) is 8.54. The van der Waals surface area contributed by atoms with Gasteiger partial charge in [-0.1, -0.05) is 30.3 Å². The molecule has 0 saturated carbocycles. The number of furan rings is 1. The molecule has 0 spiro atoms. The third kappa shape index (κ3) is 2.97. The van der Waals surface area contributed by atoms with Gasteiger partial charge in [0.1, 0.15) is 11.5 Å². The summed E-state index contributed by atoms with van der Waals surface area (Å²) in [7, 11) is 0. The van der Waals surface area contributed by atoms with Crippen molar-refractivity contribution < 1.29 is 9.21 Å². The molecule has 2 aromatic rings. The third-order valence-electron chi connectivity index (χ3n) is 3.94. The van der Waals surface area contributed by atoms with E-state index in [9.17, 15) is 4.79 Å². The topological polar surface area (TPSA) is 45.8 Å². The van der Waals surface area contributed by atoms with Crippen LogP contribution < -0.4 is 0 Å². The van der Waals surface area contributed by atoms with Crippen LogP contribution in [0.4, 0.5) is 0 Å². The minimum Gasteiger partial charge on any atom is -0.457 e. The molecule has 4 nitrogen and oxygen atoms in total. The molecule has 0 radical (unpaired) electrons. The maximum absolute atomic E-state index is 12.1. The minimum absolute atomic E-state index is 0.172. The van der Waals surface area contributed by atoms with Gasteiger partial charge in [0.2, 0.25) is 0 Å². The highest BCUT2D eigenvalue weighted by Crippen LogP contribution is 2.32. The van der Waals surface area contributed by atoms with E-state index in [2.05, 4.69) is 9.89 Å². The first-order chi connectivity index (χ1) is 11.3. The third-order valence-corrected chi connectivity index (χ3v) is 4.99. The lowest BCUT2D eigenvalue weighted by atomic mass is 10.2. The summed E-state index contributed by atoms with van der Waals surface area (Å²) in [6.45, 7) is 1.98. The van der Waals surface area contributed by atoms with E-state index in [1.807, 2.05) is 42.5 Å². The molecule has 23 heavy (non-hydrogen) atoms. The van der Waals surface area contributed by atoms with E-state index in [1.54, 1.807) is 6.08 Å². The van der Waals surface area contributed by atoms with E-state index < -0.39 is 0 Å². The number of amides is 1. The van der Waals surface area contributed by atoms with Crippen LogP contribution in [-0.2, 0) is 4.79 Å². The van der Waals surface area contributed by atoms with Crippen molar-refractivity contribution in [2.45, 2.75) is 12.8 Å². The van der Waals surface area contributed by atoms with Crippen LogP contribution in [0.1, 0.15) is 18.6 Å². The van der Waals surface area contributed by atoms with E-state index in [0.29, 0.717) is 10.7 Å². The average molecular weight is 324 g/mol. The van der Waals surface area contributed by atoms with Crippen molar-refractivity contribution in [3.8, 4) is 11.3 Å². The number of rotatable bonds is 2. The number of amidine groups is 1. The number of carbonyl (C=O) groups is 1. The Morgan fingerprint density at radius 1 is 1.09 bits per heavy atom. The van der Waals surface area contributed by atoms with E-state index in [0.717, 1.165) is 29.6 Å². The summed E-state index contributed by atoms with van der Waals surface area (Å²) in [5, 5.41) is 0.827. The van der Waals surface area contributed by atoms with Gasteiger partial charge >= 0.3 is 0 Å². The number of aliphatic imine (C=N–C) groups is 1. The van der Waals surface area contributed by atoms with Gasteiger partial charge in [-0.25, -0.2) is 0 Å². The molecule has 1 amide bonds. The Hall–Kier alpha value is -2.27. The highest BCUT2D eigenvalue weighted by molar-refractivity contribution is 8.18. The van der Waals surface area contributed by atoms with Crippen molar-refractivity contribution in [1.82, 2.24) is 4.90 Å². The molecule has 1 saturated heterocycles. The molecule has 0 N–H and O–H groups in total. The Morgan fingerprint density at radius 2 is 1.87 bits per heavy atom. The standard InChI is InChI=1S/C18H16N2O2S/c21-17-16(23-18(19-17)20-10-4-5-11-20)12-14-8-9-15(22-14)13-6-2-1-3-7-13/h1-3,6-9,12H,4-5,10-11H2/b16-12-. The fraction of sp³-hybridized carbons (Fsp3) is 0.222. The van der Waals surface area contributed by atoms with Gasteiger partial charge < -0.3 is 9.32 Å². The van der Waals surface area contributed by atoms with Gasteiger partial charge in [-0.2, -0.15) is 4.99 Å². The summed E-state index contributed by atoms with van der Waals surface area (Å²) in [5.41, 5.74) is 1.02. The number of likely N-dealkylation sites (tertiary alicyclic amines) is 1. The highest BCUT2D eigenvalue weighted by atomic mass is 32.2. The molecule has 1 aromatic carbocycles. The molecule has 4 rings (SSSR count). The van der Waals surface area contributed by atoms with Crippen LogP contribution in [0.3, 0.4) is 0 Å². The summed E-state index contributed by atoms with van der Waals surface area (Å²) in [5.74, 6) is 1.31. The summed E-state index contributed by atoms with van der Waals surface area (Å²) >= 11 is 1.44. The zero-order chi connectivity index (χ0) is 15.6. The lowest BCUT2D eigenvalue weighted by molar-refractivity contribution is -0.113. The number of benzene rings is 1. The summed E-state index contributed by atoms with van der Waals surface area (Å²) in [6.07, 6.45) is 4.13. The summed E-state index contributed by atoms with van der Waals surface area (Å²) in [6, 6.07) is 13.7. The average Bonchev–Trinajstić information content (AvgIpc) is 3.31. The van der Waals surface area contributed by atoms with E-state index in [4.69, 9.17) is 4.42 Å². The van der Waals surface area contributed by atoms with Gasteiger partial charge in [-0.3, -0.25) is 4.79 Å². The van der Waals surface area contributed by atoms with Crippen LogP contribution in [0.15, 0.2) is 56.8 Å². The van der Waals surface area contributed by atoms with Crippen molar-refractivity contribution in [2.75, 3.05) is 13.1 Å². The van der Waals surface area contributed by atoms with Crippen molar-refractivity contribution >= 4 is 28.9 Å². The van der Waals surface area contributed by atoms with Crippen molar-refractivity contribution in [3.63, 3.8) is 0 Å². The Bertz CT molecular complexity index is 786. The molecule has 0 atom stereocenters. The van der Waals surface area contributed by atoms with Crippen LogP contribution in [0, 0.1) is 0 Å². The van der Waals surface area contributed by atoms with Gasteiger partial charge in [0.25, 0.3) is 5.91 Å². The molecular formula is C18H16N2O2S. The molecule has 3 heterocycles. The zero-order valence-corrected chi connectivity index (χ0v) is 13.4. The van der Waals surface area contributed by atoms with Crippen molar-refractivity contribution in [1.29, 1.82) is 0 Å². The van der Waals surface area contributed by atoms with Crippen LogP contribution in [0.5, 0.6) is 0 Å². The molecule has 0 bridgehead atoms. The van der Waals surface area contributed by atoms with Gasteiger partial charge in [0, 0.05) is 24.7 Å². The van der Waals surface area contributed by atoms with Crippen LogP contribution in [0.2, 0.25) is 0 Å². The maximum Gasteiger partial charge on any atom is 0.286 e. The van der Waals surface area contributed by atoms with Crippen LogP contribution >= 0.6 is 11.8 Å². The molecule has 116 valence electrons. The maximum atomic E-state index is 12.1. The van der Waals surface area contributed by atoms with Crippen LogP contribution in [0.25, 0.3) is 17.4 Å². The molecule has 1 fully saturated rings. The second kappa shape index (κ2) is 6.08. The molecule has 2 aliphatic heterocycles.